The fourth-order valence-corrected chi connectivity index (χ4v) is 8.72. The summed E-state index contributed by atoms with van der Waals surface area (Å²) in [6.45, 7) is 7.49. The summed E-state index contributed by atoms with van der Waals surface area (Å²) in [7, 11) is 0. The highest BCUT2D eigenvalue weighted by atomic mass is 16.7. The Morgan fingerprint density at radius 3 is 2.47 bits per heavy atom. The molecule has 0 bridgehead atoms. The Bertz CT molecular complexity index is 643. The van der Waals surface area contributed by atoms with E-state index >= 15 is 0 Å². The molecule has 0 aromatic rings. The molecular formula is C26H42O4. The number of carbonyl (C=O) groups excluding carboxylic acids is 1. The zero-order valence-electron chi connectivity index (χ0n) is 19.4. The van der Waals surface area contributed by atoms with Gasteiger partial charge in [-0.1, -0.05) is 13.8 Å². The standard InChI is InChI=1S/C26H42O4/c1-17(27)29-23-10-9-21-20-8-7-18-16-19(30-24-6-4-5-15-28-24)11-13-25(18,2)22(20)12-14-26(21,23)3/h18-24H,4-16H2,1-3H3/t18-,19+,20+,21+,22+,23+,24-,25+,26+/m1/s1. The van der Waals surface area contributed by atoms with Crippen molar-refractivity contribution in [3.63, 3.8) is 0 Å². The van der Waals surface area contributed by atoms with Crippen LogP contribution in [0.1, 0.15) is 97.8 Å². The molecule has 9 atom stereocenters. The Hall–Kier alpha value is -0.610. The van der Waals surface area contributed by atoms with Crippen LogP contribution in [0, 0.1) is 34.5 Å². The van der Waals surface area contributed by atoms with Crippen LogP contribution in [0.5, 0.6) is 0 Å². The molecule has 4 heteroatoms. The van der Waals surface area contributed by atoms with E-state index in [1.807, 2.05) is 0 Å². The average Bonchev–Trinajstić information content (AvgIpc) is 3.05. The molecular weight excluding hydrogens is 376 g/mol. The largest absolute Gasteiger partial charge is 0.462 e. The van der Waals surface area contributed by atoms with Gasteiger partial charge in [0, 0.05) is 18.9 Å². The van der Waals surface area contributed by atoms with Crippen LogP contribution < -0.4 is 0 Å². The Morgan fingerprint density at radius 1 is 0.900 bits per heavy atom. The number of fused-ring (bicyclic) bond motifs is 5. The van der Waals surface area contributed by atoms with Gasteiger partial charge in [0.15, 0.2) is 6.29 Å². The molecule has 1 saturated heterocycles. The first kappa shape index (κ1) is 21.2. The molecule has 0 unspecified atom stereocenters. The van der Waals surface area contributed by atoms with Gasteiger partial charge >= 0.3 is 5.97 Å². The smallest absolute Gasteiger partial charge is 0.302 e. The van der Waals surface area contributed by atoms with Gasteiger partial charge in [-0.15, -0.1) is 0 Å². The fraction of sp³-hybridized carbons (Fsp3) is 0.962. The minimum absolute atomic E-state index is 0.0523. The van der Waals surface area contributed by atoms with Crippen molar-refractivity contribution in [3.05, 3.63) is 0 Å². The molecule has 5 rings (SSSR count). The topological polar surface area (TPSA) is 44.8 Å². The predicted molar refractivity (Wildman–Crippen MR) is 116 cm³/mol. The van der Waals surface area contributed by atoms with Crippen LogP contribution in [-0.2, 0) is 19.0 Å². The molecule has 5 fully saturated rings. The lowest BCUT2D eigenvalue weighted by atomic mass is 9.45. The summed E-state index contributed by atoms with van der Waals surface area (Å²) in [6, 6.07) is 0. The normalized spacial score (nSPS) is 50.8. The molecule has 0 spiro atoms. The molecule has 0 aromatic carbocycles. The van der Waals surface area contributed by atoms with Gasteiger partial charge in [0.1, 0.15) is 6.10 Å². The maximum absolute atomic E-state index is 11.7. The van der Waals surface area contributed by atoms with Crippen molar-refractivity contribution in [3.8, 4) is 0 Å². The van der Waals surface area contributed by atoms with Gasteiger partial charge in [-0.2, -0.15) is 0 Å². The molecule has 0 aromatic heterocycles. The van der Waals surface area contributed by atoms with Gasteiger partial charge in [0.05, 0.1) is 6.10 Å². The summed E-state index contributed by atoms with van der Waals surface area (Å²) in [4.78, 5) is 11.7. The number of rotatable bonds is 3. The second-order valence-electron chi connectivity index (χ2n) is 11.7. The van der Waals surface area contributed by atoms with Crippen molar-refractivity contribution in [2.45, 2.75) is 116 Å². The van der Waals surface area contributed by atoms with E-state index in [1.54, 1.807) is 6.92 Å². The van der Waals surface area contributed by atoms with Crippen LogP contribution >= 0.6 is 0 Å². The van der Waals surface area contributed by atoms with Crippen LogP contribution in [0.2, 0.25) is 0 Å². The summed E-state index contributed by atoms with van der Waals surface area (Å²) < 4.78 is 18.1. The maximum Gasteiger partial charge on any atom is 0.302 e. The third-order valence-electron chi connectivity index (χ3n) is 10.3. The van der Waals surface area contributed by atoms with Gasteiger partial charge in [-0.25, -0.2) is 0 Å². The lowest BCUT2D eigenvalue weighted by Gasteiger charge is -2.61. The molecule has 0 N–H and O–H groups in total. The lowest BCUT2D eigenvalue weighted by molar-refractivity contribution is -0.212. The zero-order chi connectivity index (χ0) is 20.9. The molecule has 0 amide bonds. The summed E-state index contributed by atoms with van der Waals surface area (Å²) in [5.41, 5.74) is 0.672. The van der Waals surface area contributed by atoms with Gasteiger partial charge < -0.3 is 14.2 Å². The van der Waals surface area contributed by atoms with Gasteiger partial charge in [-0.05, 0) is 106 Å². The lowest BCUT2D eigenvalue weighted by Crippen LogP contribution is -2.55. The molecule has 1 heterocycles. The molecule has 1 aliphatic heterocycles. The van der Waals surface area contributed by atoms with Crippen LogP contribution in [0.3, 0.4) is 0 Å². The Labute approximate surface area is 182 Å². The minimum atomic E-state index is -0.0973. The number of esters is 1. The molecule has 4 aliphatic carbocycles. The van der Waals surface area contributed by atoms with Crippen molar-refractivity contribution < 1.29 is 19.0 Å². The molecule has 4 nitrogen and oxygen atoms in total. The third-order valence-corrected chi connectivity index (χ3v) is 10.3. The summed E-state index contributed by atoms with van der Waals surface area (Å²) in [5, 5.41) is 0. The SMILES string of the molecule is CC(=O)O[C@H]1CC[C@H]2[C@@H]3CC[C@@H]4C[C@@H](O[C@@H]5CCCCO5)CC[C@]4(C)[C@H]3CC[C@]12C. The van der Waals surface area contributed by atoms with Crippen LogP contribution in [0.15, 0.2) is 0 Å². The van der Waals surface area contributed by atoms with Gasteiger partial charge in [0.2, 0.25) is 0 Å². The Kier molecular flexibility index (Phi) is 5.71. The zero-order valence-corrected chi connectivity index (χ0v) is 19.4. The fourth-order valence-electron chi connectivity index (χ4n) is 8.72. The van der Waals surface area contributed by atoms with Crippen molar-refractivity contribution in [2.75, 3.05) is 6.61 Å². The third kappa shape index (κ3) is 3.54. The van der Waals surface area contributed by atoms with Gasteiger partial charge in [-0.3, -0.25) is 4.79 Å². The number of carbonyl (C=O) groups is 1. The van der Waals surface area contributed by atoms with E-state index in [9.17, 15) is 4.79 Å². The van der Waals surface area contributed by atoms with E-state index in [-0.39, 0.29) is 23.8 Å². The Balaban J connectivity index is 1.26. The average molecular weight is 419 g/mol. The molecule has 4 saturated carbocycles. The summed E-state index contributed by atoms with van der Waals surface area (Å²) >= 11 is 0. The van der Waals surface area contributed by atoms with Crippen molar-refractivity contribution in [1.29, 1.82) is 0 Å². The maximum atomic E-state index is 11.7. The monoisotopic (exact) mass is 418 g/mol. The molecule has 30 heavy (non-hydrogen) atoms. The predicted octanol–water partition coefficient (Wildman–Crippen LogP) is 5.87. The minimum Gasteiger partial charge on any atom is -0.462 e. The summed E-state index contributed by atoms with van der Waals surface area (Å²) in [6.07, 6.45) is 15.4. The van der Waals surface area contributed by atoms with E-state index in [1.165, 1.54) is 64.2 Å². The van der Waals surface area contributed by atoms with Crippen molar-refractivity contribution in [1.82, 2.24) is 0 Å². The Morgan fingerprint density at radius 2 is 1.70 bits per heavy atom. The van der Waals surface area contributed by atoms with E-state index in [2.05, 4.69) is 13.8 Å². The number of hydrogen-bond acceptors (Lipinski definition) is 4. The second kappa shape index (κ2) is 8.06. The van der Waals surface area contributed by atoms with Crippen LogP contribution in [0.4, 0.5) is 0 Å². The quantitative estimate of drug-likeness (QED) is 0.424. The van der Waals surface area contributed by atoms with Crippen molar-refractivity contribution >= 4 is 5.97 Å². The van der Waals surface area contributed by atoms with E-state index in [4.69, 9.17) is 14.2 Å². The highest BCUT2D eigenvalue weighted by molar-refractivity contribution is 5.66. The highest BCUT2D eigenvalue weighted by Crippen LogP contribution is 2.66. The van der Waals surface area contributed by atoms with E-state index < -0.39 is 0 Å². The first-order valence-corrected chi connectivity index (χ1v) is 12.8. The van der Waals surface area contributed by atoms with Gasteiger partial charge in [0.25, 0.3) is 0 Å². The highest BCUT2D eigenvalue weighted by Gasteiger charge is 2.61. The number of ether oxygens (including phenoxy) is 3. The van der Waals surface area contributed by atoms with E-state index in [0.717, 1.165) is 43.1 Å². The number of hydrogen-bond donors (Lipinski definition) is 0. The molecule has 5 aliphatic rings. The first-order chi connectivity index (χ1) is 14.4. The molecule has 0 radical (unpaired) electrons. The molecule has 170 valence electrons. The van der Waals surface area contributed by atoms with E-state index in [0.29, 0.717) is 11.5 Å². The van der Waals surface area contributed by atoms with Crippen molar-refractivity contribution in [2.24, 2.45) is 34.5 Å². The van der Waals surface area contributed by atoms with Crippen LogP contribution in [0.25, 0.3) is 0 Å². The summed E-state index contributed by atoms with van der Waals surface area (Å²) in [5.74, 6) is 3.11. The first-order valence-electron chi connectivity index (χ1n) is 12.8. The second-order valence-corrected chi connectivity index (χ2v) is 11.7. The van der Waals surface area contributed by atoms with Crippen LogP contribution in [-0.4, -0.2) is 31.1 Å².